The summed E-state index contributed by atoms with van der Waals surface area (Å²) in [6.07, 6.45) is 0. The molecule has 1 amide bonds. The van der Waals surface area contributed by atoms with Crippen molar-refractivity contribution in [2.24, 2.45) is 0 Å². The summed E-state index contributed by atoms with van der Waals surface area (Å²) in [6, 6.07) is 15.3. The highest BCUT2D eigenvalue weighted by Crippen LogP contribution is 2.45. The topological polar surface area (TPSA) is 85.3 Å². The summed E-state index contributed by atoms with van der Waals surface area (Å²) < 4.78 is 16.0. The van der Waals surface area contributed by atoms with E-state index in [0.29, 0.717) is 27.8 Å². The number of rotatable bonds is 7. The maximum atomic E-state index is 13.8. The van der Waals surface area contributed by atoms with Crippen molar-refractivity contribution in [2.45, 2.75) is 6.04 Å². The van der Waals surface area contributed by atoms with Gasteiger partial charge in [0, 0.05) is 16.8 Å². The third-order valence-electron chi connectivity index (χ3n) is 5.71. The van der Waals surface area contributed by atoms with Gasteiger partial charge in [0.15, 0.2) is 17.3 Å². The van der Waals surface area contributed by atoms with Crippen LogP contribution in [0.25, 0.3) is 0 Å². The molecule has 7 nitrogen and oxygen atoms in total. The number of carbonyl (C=O) groups is 2. The smallest absolute Gasteiger partial charge is 0.294 e. The van der Waals surface area contributed by atoms with Crippen LogP contribution in [0.15, 0.2) is 72.0 Å². The highest BCUT2D eigenvalue weighted by atomic mass is 35.5. The second-order valence-electron chi connectivity index (χ2n) is 7.58. The van der Waals surface area contributed by atoms with E-state index < -0.39 is 23.5 Å². The zero-order valence-electron chi connectivity index (χ0n) is 19.0. The summed E-state index contributed by atoms with van der Waals surface area (Å²) in [5.74, 6) is -1.03. The molecule has 35 heavy (non-hydrogen) atoms. The summed E-state index contributed by atoms with van der Waals surface area (Å²) in [5.41, 5.74) is 0.835. The molecule has 0 radical (unpaired) electrons. The van der Waals surface area contributed by atoms with Crippen molar-refractivity contribution in [2.75, 3.05) is 26.2 Å². The molecule has 3 aromatic carbocycles. The molecule has 0 spiro atoms. The van der Waals surface area contributed by atoms with E-state index in [-0.39, 0.29) is 21.9 Å². The fourth-order valence-corrected chi connectivity index (χ4v) is 4.45. The lowest BCUT2D eigenvalue weighted by molar-refractivity contribution is -0.117. The summed E-state index contributed by atoms with van der Waals surface area (Å²) in [4.78, 5) is 28.5. The molecule has 180 valence electrons. The second kappa shape index (κ2) is 9.90. The van der Waals surface area contributed by atoms with Crippen LogP contribution in [0.1, 0.15) is 22.0 Å². The van der Waals surface area contributed by atoms with Crippen molar-refractivity contribution >= 4 is 40.6 Å². The molecule has 1 heterocycles. The highest BCUT2D eigenvalue weighted by Gasteiger charge is 2.45. The molecular formula is C26H21Cl2NO6. The van der Waals surface area contributed by atoms with E-state index in [4.69, 9.17) is 37.4 Å². The monoisotopic (exact) mass is 513 g/mol. The first-order valence-electron chi connectivity index (χ1n) is 10.4. The quantitative estimate of drug-likeness (QED) is 0.401. The number of methoxy groups -OCH3 is 3. The summed E-state index contributed by atoms with van der Waals surface area (Å²) >= 11 is 12.4. The van der Waals surface area contributed by atoms with E-state index in [1.807, 2.05) is 0 Å². The van der Waals surface area contributed by atoms with Crippen LogP contribution in [-0.4, -0.2) is 38.1 Å². The molecule has 1 aliphatic heterocycles. The number of hydrogen-bond donors (Lipinski definition) is 1. The van der Waals surface area contributed by atoms with Gasteiger partial charge < -0.3 is 19.3 Å². The molecule has 0 saturated carbocycles. The number of aliphatic hydroxyl groups is 1. The van der Waals surface area contributed by atoms with Crippen LogP contribution in [0.3, 0.4) is 0 Å². The van der Waals surface area contributed by atoms with E-state index in [1.54, 1.807) is 54.6 Å². The van der Waals surface area contributed by atoms with Gasteiger partial charge in [-0.25, -0.2) is 0 Å². The van der Waals surface area contributed by atoms with Crippen LogP contribution in [0.5, 0.6) is 17.2 Å². The zero-order chi connectivity index (χ0) is 25.3. The number of ether oxygens (including phenoxy) is 3. The Hall–Kier alpha value is -3.68. The van der Waals surface area contributed by atoms with Gasteiger partial charge in [0.05, 0.1) is 43.5 Å². The number of amides is 1. The molecule has 0 saturated heterocycles. The number of hydrogen-bond acceptors (Lipinski definition) is 6. The lowest BCUT2D eigenvalue weighted by Crippen LogP contribution is -2.31. The third kappa shape index (κ3) is 4.29. The standard InChI is InChI=1S/C26H21Cl2NO6/c1-33-18-12-11-16(13-20(18)35-3)29-23(14-7-9-15(27)10-8-14)22(25(31)26(29)32)24(30)21-17(28)5-4-6-19(21)34-2/h4-13,23,31H,1-3H3. The molecule has 9 heteroatoms. The first-order valence-corrected chi connectivity index (χ1v) is 11.2. The first-order chi connectivity index (χ1) is 16.8. The molecule has 1 atom stereocenters. The Balaban J connectivity index is 1.92. The van der Waals surface area contributed by atoms with Crippen molar-refractivity contribution in [1.29, 1.82) is 0 Å². The molecule has 3 aromatic rings. The number of Topliss-reactive ketones (excluding diaryl/α,β-unsaturated/α-hetero) is 1. The van der Waals surface area contributed by atoms with Gasteiger partial charge in [0.1, 0.15) is 5.75 Å². The number of anilines is 1. The number of benzene rings is 3. The van der Waals surface area contributed by atoms with Crippen molar-refractivity contribution in [1.82, 2.24) is 0 Å². The minimum Gasteiger partial charge on any atom is -0.503 e. The molecule has 0 fully saturated rings. The minimum absolute atomic E-state index is 0.0409. The van der Waals surface area contributed by atoms with E-state index in [9.17, 15) is 14.7 Å². The van der Waals surface area contributed by atoms with Crippen molar-refractivity contribution < 1.29 is 28.9 Å². The predicted molar refractivity (Wildman–Crippen MR) is 133 cm³/mol. The van der Waals surface area contributed by atoms with Crippen molar-refractivity contribution in [3.05, 3.63) is 93.2 Å². The summed E-state index contributed by atoms with van der Waals surface area (Å²) in [5, 5.41) is 11.6. The molecule has 1 unspecified atom stereocenters. The van der Waals surface area contributed by atoms with E-state index >= 15 is 0 Å². The zero-order valence-corrected chi connectivity index (χ0v) is 20.6. The van der Waals surface area contributed by atoms with Gasteiger partial charge >= 0.3 is 0 Å². The average molecular weight is 514 g/mol. The Morgan fingerprint density at radius 2 is 1.54 bits per heavy atom. The molecule has 0 aromatic heterocycles. The Morgan fingerprint density at radius 3 is 2.17 bits per heavy atom. The molecule has 1 aliphatic rings. The van der Waals surface area contributed by atoms with E-state index in [0.717, 1.165) is 0 Å². The van der Waals surface area contributed by atoms with Crippen molar-refractivity contribution in [3.63, 3.8) is 0 Å². The normalized spacial score (nSPS) is 15.4. The molecule has 0 bridgehead atoms. The SMILES string of the molecule is COc1ccc(N2C(=O)C(O)=C(C(=O)c3c(Cl)cccc3OC)C2c2ccc(Cl)cc2)cc1OC. The second-order valence-corrected chi connectivity index (χ2v) is 8.42. The van der Waals surface area contributed by atoms with Crippen LogP contribution in [0.2, 0.25) is 10.0 Å². The lowest BCUT2D eigenvalue weighted by Gasteiger charge is -2.27. The fraction of sp³-hybridized carbons (Fsp3) is 0.154. The van der Waals surface area contributed by atoms with E-state index in [1.165, 1.54) is 32.3 Å². The lowest BCUT2D eigenvalue weighted by atomic mass is 9.92. The number of nitrogens with zero attached hydrogens (tertiary/aromatic N) is 1. The van der Waals surface area contributed by atoms with Crippen LogP contribution in [0, 0.1) is 0 Å². The fourth-order valence-electron chi connectivity index (χ4n) is 4.07. The Kier molecular flexibility index (Phi) is 6.91. The van der Waals surface area contributed by atoms with Crippen LogP contribution >= 0.6 is 23.2 Å². The summed E-state index contributed by atoms with van der Waals surface area (Å²) in [6.45, 7) is 0. The maximum absolute atomic E-state index is 13.8. The number of carbonyl (C=O) groups excluding carboxylic acids is 2. The van der Waals surface area contributed by atoms with Gasteiger partial charge in [-0.05, 0) is 42.0 Å². The van der Waals surface area contributed by atoms with Crippen LogP contribution in [-0.2, 0) is 4.79 Å². The van der Waals surface area contributed by atoms with Gasteiger partial charge in [-0.3, -0.25) is 14.5 Å². The minimum atomic E-state index is -0.980. The molecule has 1 N–H and O–H groups in total. The third-order valence-corrected chi connectivity index (χ3v) is 6.27. The van der Waals surface area contributed by atoms with Gasteiger partial charge in [-0.1, -0.05) is 41.4 Å². The number of halogens is 2. The average Bonchev–Trinajstić information content (AvgIpc) is 3.13. The first kappa shape index (κ1) is 24.4. The molecular weight excluding hydrogens is 493 g/mol. The Bertz CT molecular complexity index is 1340. The molecule has 0 aliphatic carbocycles. The van der Waals surface area contributed by atoms with Gasteiger partial charge in [-0.2, -0.15) is 0 Å². The number of aliphatic hydroxyl groups excluding tert-OH is 1. The number of ketones is 1. The van der Waals surface area contributed by atoms with Crippen LogP contribution < -0.4 is 19.1 Å². The summed E-state index contributed by atoms with van der Waals surface area (Å²) in [7, 11) is 4.37. The molecule has 4 rings (SSSR count). The Morgan fingerprint density at radius 1 is 0.886 bits per heavy atom. The predicted octanol–water partition coefficient (Wildman–Crippen LogP) is 5.80. The largest absolute Gasteiger partial charge is 0.503 e. The van der Waals surface area contributed by atoms with Crippen LogP contribution in [0.4, 0.5) is 5.69 Å². The van der Waals surface area contributed by atoms with Crippen molar-refractivity contribution in [3.8, 4) is 17.2 Å². The van der Waals surface area contributed by atoms with Gasteiger partial charge in [-0.15, -0.1) is 0 Å². The maximum Gasteiger partial charge on any atom is 0.294 e. The van der Waals surface area contributed by atoms with Gasteiger partial charge in [0.2, 0.25) is 5.78 Å². The highest BCUT2D eigenvalue weighted by molar-refractivity contribution is 6.36. The van der Waals surface area contributed by atoms with E-state index in [2.05, 4.69) is 0 Å². The Labute approximate surface area is 212 Å². The van der Waals surface area contributed by atoms with Gasteiger partial charge in [0.25, 0.3) is 5.91 Å².